The highest BCUT2D eigenvalue weighted by atomic mass is 15.1. The largest absolute Gasteiger partial charge is 0.325 e. The van der Waals surface area contributed by atoms with E-state index in [0.717, 1.165) is 12.1 Å². The second-order valence-electron chi connectivity index (χ2n) is 3.21. The molecule has 60 valence electrons. The molecule has 1 aliphatic rings. The third kappa shape index (κ3) is 0.878. The quantitative estimate of drug-likeness (QED) is 0.627. The van der Waals surface area contributed by atoms with Crippen molar-refractivity contribution in [3.8, 4) is 0 Å². The molecule has 0 fully saturated rings. The fraction of sp³-hybridized carbons (Fsp3) is 0.625. The Bertz CT molecular complexity index is 264. The Morgan fingerprint density at radius 3 is 3.27 bits per heavy atom. The average molecular weight is 151 g/mol. The SMILES string of the molecule is C[C@H]1CCc2[nH]nc(CN)c21. The molecule has 0 saturated heterocycles. The molecule has 0 unspecified atom stereocenters. The first-order valence-corrected chi connectivity index (χ1v) is 4.09. The van der Waals surface area contributed by atoms with Crippen molar-refractivity contribution >= 4 is 0 Å². The zero-order valence-corrected chi connectivity index (χ0v) is 6.72. The number of aromatic nitrogens is 2. The van der Waals surface area contributed by atoms with E-state index >= 15 is 0 Å². The molecule has 1 heterocycles. The minimum Gasteiger partial charge on any atom is -0.325 e. The van der Waals surface area contributed by atoms with Crippen LogP contribution >= 0.6 is 0 Å². The summed E-state index contributed by atoms with van der Waals surface area (Å²) in [5.74, 6) is 0.655. The first-order valence-electron chi connectivity index (χ1n) is 4.09. The zero-order chi connectivity index (χ0) is 7.84. The summed E-state index contributed by atoms with van der Waals surface area (Å²) in [5, 5.41) is 7.19. The molecule has 0 radical (unpaired) electrons. The van der Waals surface area contributed by atoms with Crippen molar-refractivity contribution in [3.05, 3.63) is 17.0 Å². The predicted octanol–water partition coefficient (Wildman–Crippen LogP) is 0.918. The van der Waals surface area contributed by atoms with Gasteiger partial charge in [0.25, 0.3) is 0 Å². The summed E-state index contributed by atoms with van der Waals surface area (Å²) in [6, 6.07) is 0. The zero-order valence-electron chi connectivity index (χ0n) is 6.72. The van der Waals surface area contributed by atoms with Crippen LogP contribution in [-0.2, 0) is 13.0 Å². The van der Waals surface area contributed by atoms with Gasteiger partial charge >= 0.3 is 0 Å². The smallest absolute Gasteiger partial charge is 0.0795 e. The molecule has 0 aromatic carbocycles. The van der Waals surface area contributed by atoms with Crippen LogP contribution in [0.3, 0.4) is 0 Å². The fourth-order valence-corrected chi connectivity index (χ4v) is 1.86. The van der Waals surface area contributed by atoms with Gasteiger partial charge < -0.3 is 5.73 Å². The lowest BCUT2D eigenvalue weighted by atomic mass is 10.0. The Kier molecular flexibility index (Phi) is 1.46. The maximum absolute atomic E-state index is 5.55. The highest BCUT2D eigenvalue weighted by Crippen LogP contribution is 2.33. The second-order valence-corrected chi connectivity index (χ2v) is 3.21. The van der Waals surface area contributed by atoms with Crippen LogP contribution in [0, 0.1) is 0 Å². The van der Waals surface area contributed by atoms with Gasteiger partial charge in [0.1, 0.15) is 0 Å². The van der Waals surface area contributed by atoms with Gasteiger partial charge in [-0.2, -0.15) is 5.10 Å². The summed E-state index contributed by atoms with van der Waals surface area (Å²) in [6.07, 6.45) is 2.39. The van der Waals surface area contributed by atoms with Crippen LogP contribution in [0.25, 0.3) is 0 Å². The second kappa shape index (κ2) is 2.34. The molecule has 1 aromatic heterocycles. The van der Waals surface area contributed by atoms with Gasteiger partial charge in [0.05, 0.1) is 5.69 Å². The van der Waals surface area contributed by atoms with Gasteiger partial charge in [0.2, 0.25) is 0 Å². The number of nitrogens with two attached hydrogens (primary N) is 1. The number of aromatic amines is 1. The summed E-state index contributed by atoms with van der Waals surface area (Å²) in [5.41, 5.74) is 9.29. The van der Waals surface area contributed by atoms with Crippen LogP contribution in [0.5, 0.6) is 0 Å². The highest BCUT2D eigenvalue weighted by molar-refractivity contribution is 5.33. The van der Waals surface area contributed by atoms with E-state index in [1.807, 2.05) is 0 Å². The Morgan fingerprint density at radius 2 is 2.55 bits per heavy atom. The molecule has 1 aliphatic carbocycles. The molecule has 0 aliphatic heterocycles. The van der Waals surface area contributed by atoms with Crippen molar-refractivity contribution in [2.75, 3.05) is 0 Å². The molecule has 2 rings (SSSR count). The van der Waals surface area contributed by atoms with Gasteiger partial charge in [-0.1, -0.05) is 6.92 Å². The van der Waals surface area contributed by atoms with Crippen molar-refractivity contribution in [2.24, 2.45) is 5.73 Å². The van der Waals surface area contributed by atoms with Crippen molar-refractivity contribution in [1.82, 2.24) is 10.2 Å². The van der Waals surface area contributed by atoms with Crippen molar-refractivity contribution in [1.29, 1.82) is 0 Å². The number of hydrogen-bond donors (Lipinski definition) is 2. The first-order chi connectivity index (χ1) is 5.33. The van der Waals surface area contributed by atoms with E-state index in [4.69, 9.17) is 5.73 Å². The van der Waals surface area contributed by atoms with Crippen LogP contribution in [0.2, 0.25) is 0 Å². The van der Waals surface area contributed by atoms with E-state index in [1.54, 1.807) is 0 Å². The monoisotopic (exact) mass is 151 g/mol. The third-order valence-corrected chi connectivity index (χ3v) is 2.48. The van der Waals surface area contributed by atoms with E-state index in [2.05, 4.69) is 17.1 Å². The van der Waals surface area contributed by atoms with E-state index in [-0.39, 0.29) is 0 Å². The minimum absolute atomic E-state index is 0.566. The summed E-state index contributed by atoms with van der Waals surface area (Å²) < 4.78 is 0. The van der Waals surface area contributed by atoms with E-state index in [1.165, 1.54) is 17.7 Å². The maximum atomic E-state index is 5.55. The normalized spacial score (nSPS) is 22.2. The van der Waals surface area contributed by atoms with Crippen molar-refractivity contribution < 1.29 is 0 Å². The first kappa shape index (κ1) is 6.85. The number of nitrogens with one attached hydrogen (secondary N) is 1. The van der Waals surface area contributed by atoms with Gasteiger partial charge in [0, 0.05) is 17.8 Å². The Labute approximate surface area is 66.0 Å². The predicted molar refractivity (Wildman–Crippen MR) is 43.2 cm³/mol. The molecule has 0 bridgehead atoms. The van der Waals surface area contributed by atoms with Crippen LogP contribution in [0.1, 0.15) is 36.2 Å². The lowest BCUT2D eigenvalue weighted by molar-refractivity contribution is 0.720. The maximum Gasteiger partial charge on any atom is 0.0795 e. The Hall–Kier alpha value is -0.830. The molecule has 3 nitrogen and oxygen atoms in total. The number of nitrogens with zero attached hydrogens (tertiary/aromatic N) is 1. The summed E-state index contributed by atoms with van der Waals surface area (Å²) in [4.78, 5) is 0. The standard InChI is InChI=1S/C8H13N3/c1-5-2-3-6-8(5)7(4-9)11-10-6/h5H,2-4,9H2,1H3,(H,10,11)/t5-/m0/s1. The highest BCUT2D eigenvalue weighted by Gasteiger charge is 2.23. The van der Waals surface area contributed by atoms with Gasteiger partial charge in [0.15, 0.2) is 0 Å². The number of fused-ring (bicyclic) bond motifs is 1. The molecule has 0 saturated carbocycles. The number of hydrogen-bond acceptors (Lipinski definition) is 2. The van der Waals surface area contributed by atoms with E-state index in [0.29, 0.717) is 12.5 Å². The molecule has 3 N–H and O–H groups in total. The fourth-order valence-electron chi connectivity index (χ4n) is 1.86. The van der Waals surface area contributed by atoms with E-state index in [9.17, 15) is 0 Å². The van der Waals surface area contributed by atoms with Crippen molar-refractivity contribution in [3.63, 3.8) is 0 Å². The van der Waals surface area contributed by atoms with Gasteiger partial charge in [-0.3, -0.25) is 5.10 Å². The number of H-pyrrole nitrogens is 1. The van der Waals surface area contributed by atoms with E-state index < -0.39 is 0 Å². The van der Waals surface area contributed by atoms with Crippen molar-refractivity contribution in [2.45, 2.75) is 32.2 Å². The van der Waals surface area contributed by atoms with Crippen LogP contribution in [0.15, 0.2) is 0 Å². The molecule has 0 amide bonds. The summed E-state index contributed by atoms with van der Waals surface area (Å²) in [6.45, 7) is 2.80. The summed E-state index contributed by atoms with van der Waals surface area (Å²) in [7, 11) is 0. The van der Waals surface area contributed by atoms with Crippen LogP contribution in [0.4, 0.5) is 0 Å². The number of rotatable bonds is 1. The van der Waals surface area contributed by atoms with Crippen LogP contribution < -0.4 is 5.73 Å². The number of aryl methyl sites for hydroxylation is 1. The Balaban J connectivity index is 2.46. The molecular weight excluding hydrogens is 138 g/mol. The topological polar surface area (TPSA) is 54.7 Å². The lowest BCUT2D eigenvalue weighted by Crippen LogP contribution is -2.01. The van der Waals surface area contributed by atoms with Gasteiger partial charge in [-0.25, -0.2) is 0 Å². The average Bonchev–Trinajstić information content (AvgIpc) is 2.54. The molecule has 3 heteroatoms. The summed E-state index contributed by atoms with van der Waals surface area (Å²) >= 11 is 0. The van der Waals surface area contributed by atoms with Crippen LogP contribution in [-0.4, -0.2) is 10.2 Å². The molecule has 0 spiro atoms. The molecule has 1 aromatic rings. The van der Waals surface area contributed by atoms with Gasteiger partial charge in [-0.15, -0.1) is 0 Å². The minimum atomic E-state index is 0.566. The molecule has 1 atom stereocenters. The third-order valence-electron chi connectivity index (χ3n) is 2.48. The van der Waals surface area contributed by atoms with Gasteiger partial charge in [-0.05, 0) is 18.8 Å². The molecule has 11 heavy (non-hydrogen) atoms. The lowest BCUT2D eigenvalue weighted by Gasteiger charge is -2.01. The molecular formula is C8H13N3. The Morgan fingerprint density at radius 1 is 1.73 bits per heavy atom.